The summed E-state index contributed by atoms with van der Waals surface area (Å²) < 4.78 is 7.35. The molecule has 0 aliphatic carbocycles. The van der Waals surface area contributed by atoms with E-state index in [1.54, 1.807) is 4.68 Å². The SMILES string of the molecule is Cc1c(C(=O)N2CCNC[C@H]2C)nnn1-c1ccc(OC(C)C)cc1.Cl. The maximum Gasteiger partial charge on any atom is 0.276 e. The van der Waals surface area contributed by atoms with Crippen LogP contribution in [0.3, 0.4) is 0 Å². The van der Waals surface area contributed by atoms with E-state index < -0.39 is 0 Å². The molecule has 1 fully saturated rings. The molecule has 0 bridgehead atoms. The van der Waals surface area contributed by atoms with Gasteiger partial charge in [0.25, 0.3) is 5.91 Å². The minimum atomic E-state index is -0.0579. The van der Waals surface area contributed by atoms with Crippen LogP contribution in [0.1, 0.15) is 37.0 Å². The van der Waals surface area contributed by atoms with Crippen LogP contribution in [0.4, 0.5) is 0 Å². The van der Waals surface area contributed by atoms with Crippen LogP contribution in [0, 0.1) is 6.92 Å². The number of benzene rings is 1. The molecule has 1 amide bonds. The zero-order valence-corrected chi connectivity index (χ0v) is 16.4. The number of halogens is 1. The number of carbonyl (C=O) groups is 1. The first-order valence-corrected chi connectivity index (χ1v) is 8.68. The number of rotatable bonds is 4. The van der Waals surface area contributed by atoms with Gasteiger partial charge in [0, 0.05) is 25.7 Å². The summed E-state index contributed by atoms with van der Waals surface area (Å²) in [7, 11) is 0. The summed E-state index contributed by atoms with van der Waals surface area (Å²) in [6.07, 6.45) is 0.129. The number of carbonyl (C=O) groups excluding carboxylic acids is 1. The first-order chi connectivity index (χ1) is 12.0. The Hall–Kier alpha value is -2.12. The molecule has 7 nitrogen and oxygen atoms in total. The average Bonchev–Trinajstić information content (AvgIpc) is 2.96. The predicted octanol–water partition coefficient (Wildman–Crippen LogP) is 2.22. The lowest BCUT2D eigenvalue weighted by Crippen LogP contribution is -2.52. The van der Waals surface area contributed by atoms with E-state index in [-0.39, 0.29) is 30.5 Å². The van der Waals surface area contributed by atoms with E-state index in [1.165, 1.54) is 0 Å². The third-order valence-corrected chi connectivity index (χ3v) is 4.31. The fourth-order valence-electron chi connectivity index (χ4n) is 2.99. The predicted molar refractivity (Wildman–Crippen MR) is 102 cm³/mol. The minimum absolute atomic E-state index is 0. The van der Waals surface area contributed by atoms with Crippen LogP contribution < -0.4 is 10.1 Å². The number of nitrogens with zero attached hydrogens (tertiary/aromatic N) is 4. The third-order valence-electron chi connectivity index (χ3n) is 4.31. The van der Waals surface area contributed by atoms with E-state index in [0.29, 0.717) is 12.2 Å². The van der Waals surface area contributed by atoms with Crippen molar-refractivity contribution in [3.63, 3.8) is 0 Å². The van der Waals surface area contributed by atoms with E-state index in [4.69, 9.17) is 4.74 Å². The van der Waals surface area contributed by atoms with Crippen molar-refractivity contribution in [2.45, 2.75) is 39.8 Å². The summed E-state index contributed by atoms with van der Waals surface area (Å²) in [5.41, 5.74) is 2.01. The van der Waals surface area contributed by atoms with E-state index in [9.17, 15) is 4.79 Å². The molecule has 142 valence electrons. The number of aromatic nitrogens is 3. The van der Waals surface area contributed by atoms with Gasteiger partial charge < -0.3 is 15.0 Å². The molecule has 1 aliphatic rings. The van der Waals surface area contributed by atoms with Crippen molar-refractivity contribution in [1.82, 2.24) is 25.2 Å². The molecule has 1 aromatic heterocycles. The summed E-state index contributed by atoms with van der Waals surface area (Å²) in [5, 5.41) is 11.6. The van der Waals surface area contributed by atoms with Gasteiger partial charge in [-0.25, -0.2) is 4.68 Å². The average molecular weight is 380 g/mol. The van der Waals surface area contributed by atoms with Gasteiger partial charge in [-0.1, -0.05) is 5.21 Å². The van der Waals surface area contributed by atoms with Crippen molar-refractivity contribution < 1.29 is 9.53 Å². The first-order valence-electron chi connectivity index (χ1n) is 8.68. The van der Waals surface area contributed by atoms with Crippen molar-refractivity contribution in [3.05, 3.63) is 35.7 Å². The Morgan fingerprint density at radius 2 is 2.00 bits per heavy atom. The smallest absolute Gasteiger partial charge is 0.276 e. The highest BCUT2D eigenvalue weighted by atomic mass is 35.5. The fourth-order valence-corrected chi connectivity index (χ4v) is 2.99. The highest BCUT2D eigenvalue weighted by Crippen LogP contribution is 2.19. The van der Waals surface area contributed by atoms with Crippen molar-refractivity contribution in [3.8, 4) is 11.4 Å². The standard InChI is InChI=1S/C18H25N5O2.ClH/c1-12(2)25-16-7-5-15(6-8-16)23-14(4)17(20-21-23)18(24)22-10-9-19-11-13(22)3;/h5-8,12-13,19H,9-11H2,1-4H3;1H/t13-;/m1./s1. The second-order valence-electron chi connectivity index (χ2n) is 6.65. The molecule has 2 aromatic rings. The number of amides is 1. The zero-order valence-electron chi connectivity index (χ0n) is 15.6. The van der Waals surface area contributed by atoms with Gasteiger partial charge in [0.05, 0.1) is 17.5 Å². The normalized spacial score (nSPS) is 17.1. The van der Waals surface area contributed by atoms with Gasteiger partial charge in [-0.05, 0) is 52.0 Å². The van der Waals surface area contributed by atoms with Crippen LogP contribution in [0.25, 0.3) is 5.69 Å². The summed E-state index contributed by atoms with van der Waals surface area (Å²) >= 11 is 0. The summed E-state index contributed by atoms with van der Waals surface area (Å²) in [6.45, 7) is 10.2. The molecule has 1 atom stereocenters. The number of hydrogen-bond acceptors (Lipinski definition) is 5. The van der Waals surface area contributed by atoms with Gasteiger partial charge >= 0.3 is 0 Å². The van der Waals surface area contributed by atoms with E-state index in [0.717, 1.165) is 30.2 Å². The molecule has 1 aromatic carbocycles. The minimum Gasteiger partial charge on any atom is -0.491 e. The number of hydrogen-bond donors (Lipinski definition) is 1. The maximum absolute atomic E-state index is 12.8. The van der Waals surface area contributed by atoms with Crippen molar-refractivity contribution in [1.29, 1.82) is 0 Å². The molecule has 0 spiro atoms. The van der Waals surface area contributed by atoms with Crippen LogP contribution in [0.15, 0.2) is 24.3 Å². The molecule has 1 saturated heterocycles. The Balaban J connectivity index is 0.00000243. The number of piperazine rings is 1. The summed E-state index contributed by atoms with van der Waals surface area (Å²) in [5.74, 6) is 0.750. The molecule has 2 heterocycles. The van der Waals surface area contributed by atoms with E-state index in [1.807, 2.05) is 56.9 Å². The summed E-state index contributed by atoms with van der Waals surface area (Å²) in [6, 6.07) is 7.78. The lowest BCUT2D eigenvalue weighted by Gasteiger charge is -2.33. The molecule has 1 aliphatic heterocycles. The van der Waals surface area contributed by atoms with Crippen molar-refractivity contribution in [2.75, 3.05) is 19.6 Å². The Morgan fingerprint density at radius 3 is 2.62 bits per heavy atom. The fraction of sp³-hybridized carbons (Fsp3) is 0.500. The quantitative estimate of drug-likeness (QED) is 0.881. The monoisotopic (exact) mass is 379 g/mol. The highest BCUT2D eigenvalue weighted by Gasteiger charge is 2.28. The Morgan fingerprint density at radius 1 is 1.31 bits per heavy atom. The lowest BCUT2D eigenvalue weighted by atomic mass is 10.2. The lowest BCUT2D eigenvalue weighted by molar-refractivity contribution is 0.0649. The molecule has 0 saturated carbocycles. The van der Waals surface area contributed by atoms with Crippen LogP contribution >= 0.6 is 12.4 Å². The van der Waals surface area contributed by atoms with E-state index >= 15 is 0 Å². The zero-order chi connectivity index (χ0) is 18.0. The molecule has 3 rings (SSSR count). The molecule has 26 heavy (non-hydrogen) atoms. The van der Waals surface area contributed by atoms with Crippen LogP contribution in [0.5, 0.6) is 5.75 Å². The molecular formula is C18H26ClN5O2. The third kappa shape index (κ3) is 4.16. The van der Waals surface area contributed by atoms with Gasteiger partial charge in [0.15, 0.2) is 5.69 Å². The van der Waals surface area contributed by atoms with Gasteiger partial charge in [0.1, 0.15) is 5.75 Å². The van der Waals surface area contributed by atoms with E-state index in [2.05, 4.69) is 15.6 Å². The van der Waals surface area contributed by atoms with Gasteiger partial charge in [-0.2, -0.15) is 0 Å². The largest absolute Gasteiger partial charge is 0.491 e. The van der Waals surface area contributed by atoms with Gasteiger partial charge in [-0.15, -0.1) is 17.5 Å². The van der Waals surface area contributed by atoms with Crippen LogP contribution in [-0.4, -0.2) is 57.6 Å². The number of nitrogens with one attached hydrogen (secondary N) is 1. The molecule has 1 N–H and O–H groups in total. The summed E-state index contributed by atoms with van der Waals surface area (Å²) in [4.78, 5) is 14.7. The van der Waals surface area contributed by atoms with Crippen molar-refractivity contribution >= 4 is 18.3 Å². The highest BCUT2D eigenvalue weighted by molar-refractivity contribution is 5.93. The van der Waals surface area contributed by atoms with Gasteiger partial charge in [0.2, 0.25) is 0 Å². The molecule has 0 radical (unpaired) electrons. The topological polar surface area (TPSA) is 72.3 Å². The Kier molecular flexibility index (Phi) is 6.61. The van der Waals surface area contributed by atoms with Gasteiger partial charge in [-0.3, -0.25) is 4.79 Å². The second kappa shape index (κ2) is 8.51. The second-order valence-corrected chi connectivity index (χ2v) is 6.65. The number of ether oxygens (including phenoxy) is 1. The maximum atomic E-state index is 12.8. The molecule has 8 heteroatoms. The van der Waals surface area contributed by atoms with Crippen LogP contribution in [-0.2, 0) is 0 Å². The van der Waals surface area contributed by atoms with Crippen molar-refractivity contribution in [2.24, 2.45) is 0 Å². The first kappa shape index (κ1) is 20.2. The Bertz CT molecular complexity index is 745. The van der Waals surface area contributed by atoms with Crippen LogP contribution in [0.2, 0.25) is 0 Å². The molecular weight excluding hydrogens is 354 g/mol. The molecule has 0 unspecified atom stereocenters. The Labute approximate surface area is 160 Å².